The van der Waals surface area contributed by atoms with Gasteiger partial charge in [0.15, 0.2) is 0 Å². The van der Waals surface area contributed by atoms with Crippen LogP contribution in [0, 0.1) is 0 Å². The number of hydrogen-bond acceptors (Lipinski definition) is 5. The average molecular weight is 263 g/mol. The number of hydrogen-bond donors (Lipinski definition) is 2. The molecule has 0 fully saturated rings. The summed E-state index contributed by atoms with van der Waals surface area (Å²) in [6, 6.07) is 0. The largest absolute Gasteiger partial charge is 0.396 e. The number of anilines is 1. The van der Waals surface area contributed by atoms with Crippen molar-refractivity contribution in [2.75, 3.05) is 12.3 Å². The van der Waals surface area contributed by atoms with Gasteiger partial charge in [0.25, 0.3) is 5.91 Å². The smallest absolute Gasteiger partial charge is 0.271 e. The average Bonchev–Trinajstić information content (AvgIpc) is 3.03. The molecule has 0 atom stereocenters. The van der Waals surface area contributed by atoms with Gasteiger partial charge in [0.1, 0.15) is 5.69 Å². The van der Waals surface area contributed by atoms with Gasteiger partial charge in [-0.3, -0.25) is 14.2 Å². The molecule has 8 nitrogen and oxygen atoms in total. The van der Waals surface area contributed by atoms with Crippen LogP contribution in [0.25, 0.3) is 0 Å². The van der Waals surface area contributed by atoms with Crippen LogP contribution in [0.4, 0.5) is 5.69 Å². The first kappa shape index (κ1) is 13.1. The fourth-order valence-electron chi connectivity index (χ4n) is 1.77. The Balaban J connectivity index is 1.82. The van der Waals surface area contributed by atoms with E-state index in [1.54, 1.807) is 21.8 Å². The van der Waals surface area contributed by atoms with Crippen molar-refractivity contribution in [1.29, 1.82) is 0 Å². The lowest BCUT2D eigenvalue weighted by Crippen LogP contribution is -2.28. The monoisotopic (exact) mass is 263 g/mol. The minimum absolute atomic E-state index is 0.199. The van der Waals surface area contributed by atoms with Crippen molar-refractivity contribution < 1.29 is 4.79 Å². The zero-order chi connectivity index (χ0) is 13.7. The summed E-state index contributed by atoms with van der Waals surface area (Å²) >= 11 is 0. The van der Waals surface area contributed by atoms with Crippen molar-refractivity contribution >= 4 is 11.6 Å². The summed E-state index contributed by atoms with van der Waals surface area (Å²) in [6.07, 6.45) is 5.67. The third-order valence-electron chi connectivity index (χ3n) is 2.70. The topological polar surface area (TPSA) is 104 Å². The normalized spacial score (nSPS) is 10.6. The van der Waals surface area contributed by atoms with Gasteiger partial charge in [0, 0.05) is 25.8 Å². The highest BCUT2D eigenvalue weighted by Crippen LogP contribution is 2.10. The molecular formula is C11H17N7O. The standard InChI is InChI=1S/C11H17N7O/c1-2-18-10(9(12)8-15-18)11(19)13-4-3-6-17-7-5-14-16-17/h5,7-8H,2-4,6,12H2,1H3,(H,13,19). The van der Waals surface area contributed by atoms with Crippen molar-refractivity contribution in [3.05, 3.63) is 24.3 Å². The summed E-state index contributed by atoms with van der Waals surface area (Å²) in [4.78, 5) is 12.0. The van der Waals surface area contributed by atoms with E-state index in [0.29, 0.717) is 31.0 Å². The lowest BCUT2D eigenvalue weighted by Gasteiger charge is -2.07. The van der Waals surface area contributed by atoms with Gasteiger partial charge in [-0.25, -0.2) is 0 Å². The Kier molecular flexibility index (Phi) is 4.11. The van der Waals surface area contributed by atoms with Crippen LogP contribution in [0.3, 0.4) is 0 Å². The molecule has 2 heterocycles. The van der Waals surface area contributed by atoms with Crippen LogP contribution in [0.1, 0.15) is 23.8 Å². The van der Waals surface area contributed by atoms with Gasteiger partial charge in [-0.1, -0.05) is 5.21 Å². The molecule has 3 N–H and O–H groups in total. The molecule has 2 aromatic rings. The number of amides is 1. The number of aromatic nitrogens is 5. The molecule has 0 aliphatic rings. The summed E-state index contributed by atoms with van der Waals surface area (Å²) in [7, 11) is 0. The molecule has 0 saturated heterocycles. The van der Waals surface area contributed by atoms with Crippen LogP contribution in [0.2, 0.25) is 0 Å². The van der Waals surface area contributed by atoms with Crippen molar-refractivity contribution in [2.45, 2.75) is 26.4 Å². The highest BCUT2D eigenvalue weighted by atomic mass is 16.2. The molecule has 0 aliphatic carbocycles. The summed E-state index contributed by atoms with van der Waals surface area (Å²) in [5.74, 6) is -0.199. The van der Waals surface area contributed by atoms with Crippen molar-refractivity contribution in [3.8, 4) is 0 Å². The molecule has 0 unspecified atom stereocenters. The van der Waals surface area contributed by atoms with Crippen LogP contribution >= 0.6 is 0 Å². The Hall–Kier alpha value is -2.38. The zero-order valence-corrected chi connectivity index (χ0v) is 10.8. The van der Waals surface area contributed by atoms with E-state index in [1.807, 2.05) is 6.92 Å². The maximum Gasteiger partial charge on any atom is 0.271 e. The van der Waals surface area contributed by atoms with Gasteiger partial charge < -0.3 is 11.1 Å². The molecule has 1 amide bonds. The van der Waals surface area contributed by atoms with Gasteiger partial charge in [-0.05, 0) is 13.3 Å². The zero-order valence-electron chi connectivity index (χ0n) is 10.8. The molecule has 0 aromatic carbocycles. The summed E-state index contributed by atoms with van der Waals surface area (Å²) in [5, 5.41) is 14.4. The molecule has 0 spiro atoms. The third-order valence-corrected chi connectivity index (χ3v) is 2.70. The van der Waals surface area contributed by atoms with E-state index in [9.17, 15) is 4.79 Å². The molecule has 2 rings (SSSR count). The summed E-state index contributed by atoms with van der Waals surface area (Å²) < 4.78 is 3.30. The number of nitrogens with two attached hydrogens (primary N) is 1. The number of nitrogen functional groups attached to an aromatic ring is 1. The van der Waals surface area contributed by atoms with Crippen molar-refractivity contribution in [3.63, 3.8) is 0 Å². The second-order valence-corrected chi connectivity index (χ2v) is 4.04. The minimum atomic E-state index is -0.199. The van der Waals surface area contributed by atoms with Gasteiger partial charge in [-0.2, -0.15) is 5.10 Å². The van der Waals surface area contributed by atoms with E-state index in [1.165, 1.54) is 6.20 Å². The second kappa shape index (κ2) is 5.98. The lowest BCUT2D eigenvalue weighted by atomic mass is 10.3. The van der Waals surface area contributed by atoms with E-state index < -0.39 is 0 Å². The fourth-order valence-corrected chi connectivity index (χ4v) is 1.77. The Bertz CT molecular complexity index is 531. The first-order chi connectivity index (χ1) is 9.22. The molecule has 0 radical (unpaired) electrons. The Morgan fingerprint density at radius 3 is 3.05 bits per heavy atom. The molecule has 102 valence electrons. The Labute approximate surface area is 110 Å². The SMILES string of the molecule is CCn1ncc(N)c1C(=O)NCCCn1ccnn1. The van der Waals surface area contributed by atoms with Crippen LogP contribution in [0.15, 0.2) is 18.6 Å². The maximum atomic E-state index is 12.0. The van der Waals surface area contributed by atoms with E-state index in [0.717, 1.165) is 6.42 Å². The highest BCUT2D eigenvalue weighted by molar-refractivity contribution is 5.97. The Morgan fingerprint density at radius 1 is 1.53 bits per heavy atom. The van der Waals surface area contributed by atoms with Gasteiger partial charge in [0.05, 0.1) is 18.1 Å². The highest BCUT2D eigenvalue weighted by Gasteiger charge is 2.15. The fraction of sp³-hybridized carbons (Fsp3) is 0.455. The first-order valence-corrected chi connectivity index (χ1v) is 6.16. The predicted molar refractivity (Wildman–Crippen MR) is 69.3 cm³/mol. The van der Waals surface area contributed by atoms with Crippen LogP contribution < -0.4 is 11.1 Å². The van der Waals surface area contributed by atoms with Gasteiger partial charge in [-0.15, -0.1) is 5.10 Å². The molecule has 8 heteroatoms. The number of carbonyl (C=O) groups excluding carboxylic acids is 1. The molecule has 19 heavy (non-hydrogen) atoms. The second-order valence-electron chi connectivity index (χ2n) is 4.04. The lowest BCUT2D eigenvalue weighted by molar-refractivity contribution is 0.0943. The van der Waals surface area contributed by atoms with Crippen LogP contribution in [-0.4, -0.2) is 37.2 Å². The molecule has 0 bridgehead atoms. The van der Waals surface area contributed by atoms with Gasteiger partial charge >= 0.3 is 0 Å². The number of nitrogens with zero attached hydrogens (tertiary/aromatic N) is 5. The third kappa shape index (κ3) is 3.09. The number of rotatable bonds is 6. The Morgan fingerprint density at radius 2 is 2.37 bits per heavy atom. The van der Waals surface area contributed by atoms with Crippen molar-refractivity contribution in [1.82, 2.24) is 30.1 Å². The van der Waals surface area contributed by atoms with E-state index in [2.05, 4.69) is 20.7 Å². The number of aryl methyl sites for hydroxylation is 2. The maximum absolute atomic E-state index is 12.0. The van der Waals surface area contributed by atoms with Gasteiger partial charge in [0.2, 0.25) is 0 Å². The van der Waals surface area contributed by atoms with Crippen molar-refractivity contribution in [2.24, 2.45) is 0 Å². The predicted octanol–water partition coefficient (Wildman–Crippen LogP) is -0.103. The number of carbonyl (C=O) groups is 1. The number of nitrogens with one attached hydrogen (secondary N) is 1. The quantitative estimate of drug-likeness (QED) is 0.708. The molecule has 0 aliphatic heterocycles. The van der Waals surface area contributed by atoms with Crippen LogP contribution in [0.5, 0.6) is 0 Å². The first-order valence-electron chi connectivity index (χ1n) is 6.16. The molecule has 2 aromatic heterocycles. The minimum Gasteiger partial charge on any atom is -0.396 e. The summed E-state index contributed by atoms with van der Waals surface area (Å²) in [6.45, 7) is 3.78. The molecule has 0 saturated carbocycles. The van der Waals surface area contributed by atoms with Crippen LogP contribution in [-0.2, 0) is 13.1 Å². The van der Waals surface area contributed by atoms with E-state index >= 15 is 0 Å². The summed E-state index contributed by atoms with van der Waals surface area (Å²) in [5.41, 5.74) is 6.55. The van der Waals surface area contributed by atoms with E-state index in [-0.39, 0.29) is 5.91 Å². The molecular weight excluding hydrogens is 246 g/mol. The van der Waals surface area contributed by atoms with E-state index in [4.69, 9.17) is 5.73 Å².